The van der Waals surface area contributed by atoms with Crippen molar-refractivity contribution in [3.05, 3.63) is 0 Å². The second kappa shape index (κ2) is 4.74. The van der Waals surface area contributed by atoms with Gasteiger partial charge in [-0.3, -0.25) is 4.79 Å². The van der Waals surface area contributed by atoms with Gasteiger partial charge in [0.15, 0.2) is 0 Å². The van der Waals surface area contributed by atoms with Crippen LogP contribution in [0.4, 0.5) is 0 Å². The van der Waals surface area contributed by atoms with Crippen molar-refractivity contribution in [2.75, 3.05) is 17.8 Å². The predicted octanol–water partition coefficient (Wildman–Crippen LogP) is 1.16. The van der Waals surface area contributed by atoms with Crippen LogP contribution >= 0.6 is 11.8 Å². The summed E-state index contributed by atoms with van der Waals surface area (Å²) in [6, 6.07) is 0. The summed E-state index contributed by atoms with van der Waals surface area (Å²) in [5.74, 6) is 0.159. The summed E-state index contributed by atoms with van der Waals surface area (Å²) in [7, 11) is -2.97. The van der Waals surface area contributed by atoms with Crippen molar-refractivity contribution in [2.45, 2.75) is 30.4 Å². The molecule has 0 aromatic carbocycles. The molecule has 6 heteroatoms. The zero-order chi connectivity index (χ0) is 11.5. The fourth-order valence-corrected chi connectivity index (χ4v) is 3.84. The number of carboxylic acids is 1. The Bertz CT molecular complexity index is 328. The van der Waals surface area contributed by atoms with Crippen LogP contribution in [0.3, 0.4) is 0 Å². The van der Waals surface area contributed by atoms with Crippen LogP contribution in [0.25, 0.3) is 0 Å². The van der Waals surface area contributed by atoms with Crippen molar-refractivity contribution in [2.24, 2.45) is 0 Å². The molecule has 1 aliphatic heterocycles. The molecule has 1 heterocycles. The average molecular weight is 252 g/mol. The van der Waals surface area contributed by atoms with E-state index in [-0.39, 0.29) is 5.75 Å². The molecule has 0 aromatic heterocycles. The minimum absolute atomic E-state index is 0.0859. The van der Waals surface area contributed by atoms with Gasteiger partial charge in [-0.2, -0.15) is 0 Å². The van der Waals surface area contributed by atoms with E-state index < -0.39 is 20.6 Å². The largest absolute Gasteiger partial charge is 0.480 e. The topological polar surface area (TPSA) is 71.4 Å². The molecule has 1 rings (SSSR count). The first-order valence-electron chi connectivity index (χ1n) is 4.91. The highest BCUT2D eigenvalue weighted by Crippen LogP contribution is 2.41. The molecule has 0 spiro atoms. The highest BCUT2D eigenvalue weighted by Gasteiger charge is 2.41. The number of thioether (sulfide) groups is 1. The minimum Gasteiger partial charge on any atom is -0.480 e. The molecule has 1 unspecified atom stereocenters. The van der Waals surface area contributed by atoms with E-state index in [1.165, 1.54) is 18.0 Å². The Balaban J connectivity index is 2.50. The molecule has 4 nitrogen and oxygen atoms in total. The molecule has 0 radical (unpaired) electrons. The van der Waals surface area contributed by atoms with E-state index >= 15 is 0 Å². The van der Waals surface area contributed by atoms with Crippen LogP contribution in [0, 0.1) is 0 Å². The monoisotopic (exact) mass is 252 g/mol. The second-order valence-electron chi connectivity index (χ2n) is 3.98. The molecule has 15 heavy (non-hydrogen) atoms. The normalized spacial score (nSPS) is 26.7. The molecule has 0 aromatic rings. The van der Waals surface area contributed by atoms with Gasteiger partial charge in [0.2, 0.25) is 0 Å². The highest BCUT2D eigenvalue weighted by atomic mass is 32.2. The van der Waals surface area contributed by atoms with E-state index in [0.717, 1.165) is 12.2 Å². The molecule has 88 valence electrons. The Labute approximate surface area is 94.4 Å². The van der Waals surface area contributed by atoms with Gasteiger partial charge in [0.1, 0.15) is 14.6 Å². The van der Waals surface area contributed by atoms with Crippen molar-refractivity contribution in [1.82, 2.24) is 0 Å². The molecule has 1 atom stereocenters. The maximum Gasteiger partial charge on any atom is 0.319 e. The summed E-state index contributed by atoms with van der Waals surface area (Å²) in [5.41, 5.74) is 0. The average Bonchev–Trinajstić information content (AvgIpc) is 2.51. The fraction of sp³-hybridized carbons (Fsp3) is 0.889. The lowest BCUT2D eigenvalue weighted by molar-refractivity contribution is -0.140. The molecular weight excluding hydrogens is 236 g/mol. The van der Waals surface area contributed by atoms with Gasteiger partial charge in [-0.05, 0) is 31.4 Å². The van der Waals surface area contributed by atoms with E-state index in [2.05, 4.69) is 0 Å². The van der Waals surface area contributed by atoms with Gasteiger partial charge in [0.05, 0.1) is 0 Å². The third-order valence-electron chi connectivity index (χ3n) is 2.59. The van der Waals surface area contributed by atoms with Gasteiger partial charge in [0, 0.05) is 12.0 Å². The lowest BCUT2D eigenvalue weighted by atomic mass is 9.98. The first-order chi connectivity index (χ1) is 6.86. The van der Waals surface area contributed by atoms with E-state index in [0.29, 0.717) is 19.3 Å². The number of sulfone groups is 1. The van der Waals surface area contributed by atoms with Crippen LogP contribution < -0.4 is 0 Å². The Morgan fingerprint density at radius 3 is 2.60 bits per heavy atom. The Hall–Kier alpha value is -0.230. The maximum absolute atomic E-state index is 11.1. The van der Waals surface area contributed by atoms with Gasteiger partial charge in [-0.25, -0.2) is 8.42 Å². The molecule has 0 bridgehead atoms. The van der Waals surface area contributed by atoms with Crippen LogP contribution in [0.1, 0.15) is 25.7 Å². The smallest absolute Gasteiger partial charge is 0.319 e. The zero-order valence-electron chi connectivity index (χ0n) is 8.73. The van der Waals surface area contributed by atoms with Crippen molar-refractivity contribution in [3.63, 3.8) is 0 Å². The summed E-state index contributed by atoms with van der Waals surface area (Å²) in [6.07, 6.45) is 3.66. The molecule has 0 aliphatic carbocycles. The molecule has 1 saturated heterocycles. The van der Waals surface area contributed by atoms with Gasteiger partial charge in [-0.1, -0.05) is 0 Å². The fourth-order valence-electron chi connectivity index (χ4n) is 1.79. The molecule has 1 fully saturated rings. The number of aliphatic carboxylic acids is 1. The van der Waals surface area contributed by atoms with Crippen LogP contribution in [0.15, 0.2) is 0 Å². The Morgan fingerprint density at radius 1 is 1.53 bits per heavy atom. The van der Waals surface area contributed by atoms with Crippen molar-refractivity contribution in [1.29, 1.82) is 0 Å². The molecular formula is C9H16O4S2. The third-order valence-corrected chi connectivity index (χ3v) is 5.25. The molecule has 1 aliphatic rings. The van der Waals surface area contributed by atoms with Crippen molar-refractivity contribution >= 4 is 27.6 Å². The zero-order valence-corrected chi connectivity index (χ0v) is 10.4. The first-order valence-corrected chi connectivity index (χ1v) is 7.95. The minimum atomic E-state index is -2.97. The van der Waals surface area contributed by atoms with Crippen LogP contribution in [-0.2, 0) is 14.6 Å². The molecule has 1 N–H and O–H groups in total. The van der Waals surface area contributed by atoms with Crippen molar-refractivity contribution < 1.29 is 18.3 Å². The van der Waals surface area contributed by atoms with Gasteiger partial charge in [0.25, 0.3) is 0 Å². The van der Waals surface area contributed by atoms with Crippen LogP contribution in [-0.4, -0.2) is 42.0 Å². The number of rotatable bonds is 5. The summed E-state index contributed by atoms with van der Waals surface area (Å²) in [5, 5.41) is 9.12. The SMILES string of the molecule is CS(=O)(=O)CCCC1(C(=O)O)CCCS1. The van der Waals surface area contributed by atoms with Crippen molar-refractivity contribution in [3.8, 4) is 0 Å². The number of hydrogen-bond donors (Lipinski definition) is 1. The third kappa shape index (κ3) is 3.68. The van der Waals surface area contributed by atoms with Crippen LogP contribution in [0.5, 0.6) is 0 Å². The standard InChI is InChI=1S/C9H16O4S2/c1-15(12,13)7-3-5-9(8(10)11)4-2-6-14-9/h2-7H2,1H3,(H,10,11). The number of carboxylic acid groups (broad SMARTS) is 1. The van der Waals surface area contributed by atoms with E-state index in [1.807, 2.05) is 0 Å². The van der Waals surface area contributed by atoms with Gasteiger partial charge in [-0.15, -0.1) is 11.8 Å². The van der Waals surface area contributed by atoms with Gasteiger partial charge < -0.3 is 5.11 Å². The van der Waals surface area contributed by atoms with Gasteiger partial charge >= 0.3 is 5.97 Å². The summed E-state index contributed by atoms with van der Waals surface area (Å²) in [4.78, 5) is 11.1. The summed E-state index contributed by atoms with van der Waals surface area (Å²) >= 11 is 1.45. The van der Waals surface area contributed by atoms with Crippen LogP contribution in [0.2, 0.25) is 0 Å². The lowest BCUT2D eigenvalue weighted by Crippen LogP contribution is -2.32. The van der Waals surface area contributed by atoms with E-state index in [1.54, 1.807) is 0 Å². The second-order valence-corrected chi connectivity index (χ2v) is 7.72. The highest BCUT2D eigenvalue weighted by molar-refractivity contribution is 8.01. The number of carbonyl (C=O) groups is 1. The quantitative estimate of drug-likeness (QED) is 0.795. The Kier molecular flexibility index (Phi) is 4.06. The first kappa shape index (κ1) is 12.8. The molecule has 0 saturated carbocycles. The predicted molar refractivity (Wildman–Crippen MR) is 61.0 cm³/mol. The lowest BCUT2D eigenvalue weighted by Gasteiger charge is -2.22. The Morgan fingerprint density at radius 2 is 2.20 bits per heavy atom. The van der Waals surface area contributed by atoms with E-state index in [4.69, 9.17) is 5.11 Å². The molecule has 0 amide bonds. The summed E-state index contributed by atoms with van der Waals surface area (Å²) < 4.78 is 21.1. The number of hydrogen-bond acceptors (Lipinski definition) is 4. The maximum atomic E-state index is 11.1. The van der Waals surface area contributed by atoms with E-state index in [9.17, 15) is 13.2 Å². The summed E-state index contributed by atoms with van der Waals surface area (Å²) in [6.45, 7) is 0.